The Morgan fingerprint density at radius 1 is 1.24 bits per heavy atom. The lowest BCUT2D eigenvalue weighted by atomic mass is 9.83. The molecule has 3 aromatic heterocycles. The minimum atomic E-state index is -2.47. The van der Waals surface area contributed by atoms with Crippen LogP contribution in [0.5, 0.6) is 0 Å². The molecule has 0 bridgehead atoms. The number of alkyl halides is 2. The van der Waals surface area contributed by atoms with Gasteiger partial charge in [0, 0.05) is 30.1 Å². The standard InChI is InChI=1S/C28H33F2N5O2/c1-16-6-7-19(25(29)30)21(12-16)20-14-22(31-15-17(20)2)32-23-13-18-8-9-35(10-11-36)27(37)24(18)26(33-23)34-28(3,4)5/h8-9,13-15,19,25,36H,6-7,10-11H2,1-5H3,(H2,31,32,33,34). The van der Waals surface area contributed by atoms with E-state index in [4.69, 9.17) is 0 Å². The van der Waals surface area contributed by atoms with Gasteiger partial charge in [-0.2, -0.15) is 0 Å². The van der Waals surface area contributed by atoms with Gasteiger partial charge in [-0.05, 0) is 87.7 Å². The molecule has 4 rings (SSSR count). The summed E-state index contributed by atoms with van der Waals surface area (Å²) in [7, 11) is 0. The lowest BCUT2D eigenvalue weighted by molar-refractivity contribution is 0.0998. The normalized spacial score (nSPS) is 16.1. The maximum Gasteiger partial charge on any atom is 0.262 e. The molecule has 1 atom stereocenters. The van der Waals surface area contributed by atoms with Crippen LogP contribution in [0.15, 0.2) is 46.7 Å². The first-order valence-corrected chi connectivity index (χ1v) is 12.4. The number of aliphatic hydroxyl groups excluding tert-OH is 1. The lowest BCUT2D eigenvalue weighted by Crippen LogP contribution is -2.29. The van der Waals surface area contributed by atoms with Crippen molar-refractivity contribution < 1.29 is 13.9 Å². The monoisotopic (exact) mass is 509 g/mol. The second kappa shape index (κ2) is 10.4. The summed E-state index contributed by atoms with van der Waals surface area (Å²) in [6.45, 7) is 9.70. The first kappa shape index (κ1) is 26.5. The number of nitrogens with one attached hydrogen (secondary N) is 2. The molecule has 37 heavy (non-hydrogen) atoms. The maximum absolute atomic E-state index is 13.8. The summed E-state index contributed by atoms with van der Waals surface area (Å²) in [6, 6.07) is 5.31. The molecule has 0 saturated heterocycles. The summed E-state index contributed by atoms with van der Waals surface area (Å²) < 4.78 is 29.1. The Kier molecular flexibility index (Phi) is 7.48. The number of aliphatic hydroxyl groups is 1. The van der Waals surface area contributed by atoms with Gasteiger partial charge in [0.2, 0.25) is 6.43 Å². The molecule has 0 spiro atoms. The molecule has 9 heteroatoms. The molecular weight excluding hydrogens is 476 g/mol. The van der Waals surface area contributed by atoms with E-state index in [0.29, 0.717) is 52.2 Å². The van der Waals surface area contributed by atoms with E-state index in [0.717, 1.165) is 11.1 Å². The fourth-order valence-corrected chi connectivity index (χ4v) is 4.53. The predicted molar refractivity (Wildman–Crippen MR) is 144 cm³/mol. The van der Waals surface area contributed by atoms with Gasteiger partial charge in [0.05, 0.1) is 17.9 Å². The summed E-state index contributed by atoms with van der Waals surface area (Å²) in [5.41, 5.74) is 5.50. The highest BCUT2D eigenvalue weighted by molar-refractivity contribution is 5.93. The number of aryl methyl sites for hydroxylation is 1. The van der Waals surface area contributed by atoms with Crippen molar-refractivity contribution in [1.82, 2.24) is 14.5 Å². The molecule has 1 aliphatic carbocycles. The number of rotatable bonds is 7. The highest BCUT2D eigenvalue weighted by atomic mass is 19.3. The van der Waals surface area contributed by atoms with Gasteiger partial charge in [-0.1, -0.05) is 0 Å². The van der Waals surface area contributed by atoms with E-state index in [1.54, 1.807) is 30.6 Å². The molecule has 0 fully saturated rings. The van der Waals surface area contributed by atoms with E-state index in [1.165, 1.54) is 4.57 Å². The summed E-state index contributed by atoms with van der Waals surface area (Å²) in [6.07, 6.45) is 1.82. The van der Waals surface area contributed by atoms with Crippen molar-refractivity contribution in [3.05, 3.63) is 63.4 Å². The van der Waals surface area contributed by atoms with Gasteiger partial charge in [-0.25, -0.2) is 18.7 Å². The Hall–Kier alpha value is -3.55. The molecule has 0 amide bonds. The zero-order chi connectivity index (χ0) is 26.9. The van der Waals surface area contributed by atoms with Crippen LogP contribution in [0.2, 0.25) is 0 Å². The third-order valence-corrected chi connectivity index (χ3v) is 6.30. The summed E-state index contributed by atoms with van der Waals surface area (Å²) in [5.74, 6) is 0.438. The SMILES string of the molecule is CC1=C=C(c2cc(Nc3cc4ccn(CCO)c(=O)c4c(NC(C)(C)C)n3)ncc2C)C(C(F)F)CC1. The van der Waals surface area contributed by atoms with Crippen LogP contribution < -0.4 is 16.2 Å². The summed E-state index contributed by atoms with van der Waals surface area (Å²) in [4.78, 5) is 22.3. The molecule has 0 radical (unpaired) electrons. The van der Waals surface area contributed by atoms with E-state index >= 15 is 0 Å². The Bertz CT molecular complexity index is 1450. The summed E-state index contributed by atoms with van der Waals surface area (Å²) >= 11 is 0. The van der Waals surface area contributed by atoms with Gasteiger partial charge >= 0.3 is 0 Å². The number of halogens is 2. The van der Waals surface area contributed by atoms with Crippen LogP contribution in [-0.4, -0.2) is 38.2 Å². The number of pyridine rings is 3. The van der Waals surface area contributed by atoms with E-state index in [-0.39, 0.29) is 24.2 Å². The van der Waals surface area contributed by atoms with Crippen LogP contribution >= 0.6 is 0 Å². The van der Waals surface area contributed by atoms with Gasteiger partial charge in [-0.15, -0.1) is 5.73 Å². The number of hydrogen-bond acceptors (Lipinski definition) is 6. The largest absolute Gasteiger partial charge is 0.395 e. The van der Waals surface area contributed by atoms with Crippen LogP contribution in [0, 0.1) is 12.8 Å². The van der Waals surface area contributed by atoms with Crippen LogP contribution in [0.1, 0.15) is 51.7 Å². The molecule has 1 unspecified atom stereocenters. The Morgan fingerprint density at radius 2 is 2.00 bits per heavy atom. The number of nitrogens with zero attached hydrogens (tertiary/aromatic N) is 3. The molecule has 196 valence electrons. The number of allylic oxidation sites excluding steroid dienone is 1. The van der Waals surface area contributed by atoms with Crippen molar-refractivity contribution in [2.45, 2.75) is 66.0 Å². The Balaban J connectivity index is 1.79. The number of anilines is 3. The topological polar surface area (TPSA) is 92.1 Å². The third-order valence-electron chi connectivity index (χ3n) is 6.30. The van der Waals surface area contributed by atoms with Gasteiger partial charge < -0.3 is 20.3 Å². The van der Waals surface area contributed by atoms with Gasteiger partial charge in [0.15, 0.2) is 0 Å². The van der Waals surface area contributed by atoms with Crippen molar-refractivity contribution in [2.75, 3.05) is 17.2 Å². The number of hydrogen-bond donors (Lipinski definition) is 3. The Morgan fingerprint density at radius 3 is 2.68 bits per heavy atom. The van der Waals surface area contributed by atoms with Crippen molar-refractivity contribution in [3.63, 3.8) is 0 Å². The van der Waals surface area contributed by atoms with Crippen molar-refractivity contribution in [3.8, 4) is 0 Å². The number of aromatic nitrogens is 3. The first-order valence-electron chi connectivity index (χ1n) is 12.4. The molecule has 3 N–H and O–H groups in total. The zero-order valence-corrected chi connectivity index (χ0v) is 21.8. The van der Waals surface area contributed by atoms with E-state index in [1.807, 2.05) is 34.6 Å². The second-order valence-electron chi connectivity index (χ2n) is 10.5. The third kappa shape index (κ3) is 5.89. The smallest absolute Gasteiger partial charge is 0.262 e. The fourth-order valence-electron chi connectivity index (χ4n) is 4.53. The van der Waals surface area contributed by atoms with Crippen LogP contribution in [0.4, 0.5) is 26.2 Å². The highest BCUT2D eigenvalue weighted by Gasteiger charge is 2.29. The molecule has 0 aliphatic heterocycles. The van der Waals surface area contributed by atoms with Crippen LogP contribution in [0.3, 0.4) is 0 Å². The van der Waals surface area contributed by atoms with E-state index in [9.17, 15) is 18.7 Å². The minimum Gasteiger partial charge on any atom is -0.395 e. The van der Waals surface area contributed by atoms with Gasteiger partial charge in [0.25, 0.3) is 5.56 Å². The quantitative estimate of drug-likeness (QED) is 0.357. The second-order valence-corrected chi connectivity index (χ2v) is 10.5. The molecule has 7 nitrogen and oxygen atoms in total. The van der Waals surface area contributed by atoms with Crippen molar-refractivity contribution >= 4 is 33.8 Å². The maximum atomic E-state index is 13.8. The van der Waals surface area contributed by atoms with Crippen LogP contribution in [-0.2, 0) is 6.54 Å². The van der Waals surface area contributed by atoms with E-state index < -0.39 is 12.3 Å². The average molecular weight is 510 g/mol. The first-order chi connectivity index (χ1) is 17.5. The predicted octanol–water partition coefficient (Wildman–Crippen LogP) is 5.65. The average Bonchev–Trinajstić information content (AvgIpc) is 2.81. The molecule has 1 aliphatic rings. The molecule has 0 saturated carbocycles. The zero-order valence-electron chi connectivity index (χ0n) is 21.8. The van der Waals surface area contributed by atoms with E-state index in [2.05, 4.69) is 26.3 Å². The Labute approximate surface area is 215 Å². The summed E-state index contributed by atoms with van der Waals surface area (Å²) in [5, 5.41) is 16.9. The fraction of sp³-hybridized carbons (Fsp3) is 0.429. The van der Waals surface area contributed by atoms with Crippen LogP contribution in [0.25, 0.3) is 16.3 Å². The molecular formula is C28H33F2N5O2. The lowest BCUT2D eigenvalue weighted by Gasteiger charge is -2.24. The minimum absolute atomic E-state index is 0.153. The van der Waals surface area contributed by atoms with Gasteiger partial charge in [0.1, 0.15) is 17.5 Å². The van der Waals surface area contributed by atoms with Gasteiger partial charge in [-0.3, -0.25) is 4.79 Å². The van der Waals surface area contributed by atoms with Crippen molar-refractivity contribution in [2.24, 2.45) is 5.92 Å². The molecule has 0 aromatic carbocycles. The highest BCUT2D eigenvalue weighted by Crippen LogP contribution is 2.38. The number of fused-ring (bicyclic) bond motifs is 1. The molecule has 3 heterocycles. The van der Waals surface area contributed by atoms with Crippen molar-refractivity contribution in [1.29, 1.82) is 0 Å². The molecule has 3 aromatic rings.